The van der Waals surface area contributed by atoms with Gasteiger partial charge in [-0.15, -0.1) is 0 Å². The molecule has 0 amide bonds. The number of hydrogen-bond acceptors (Lipinski definition) is 3. The molecule has 2 N–H and O–H groups in total. The third kappa shape index (κ3) is 10.6. The van der Waals surface area contributed by atoms with Crippen LogP contribution in [0.5, 0.6) is 0 Å². The van der Waals surface area contributed by atoms with Gasteiger partial charge in [-0.3, -0.25) is 9.59 Å². The Morgan fingerprint density at radius 2 is 1.04 bits per heavy atom. The average Bonchev–Trinajstić information content (AvgIpc) is 2.44. The fraction of sp³-hybridized carbons (Fsp3) is 0.889. The molecule has 23 heavy (non-hydrogen) atoms. The number of carbonyl (C=O) groups is 2. The summed E-state index contributed by atoms with van der Waals surface area (Å²) in [5, 5.41) is 18.1. The van der Waals surface area contributed by atoms with Crippen LogP contribution in [0.25, 0.3) is 0 Å². The fourth-order valence-electron chi connectivity index (χ4n) is 2.21. The van der Waals surface area contributed by atoms with Crippen LogP contribution >= 0.6 is 11.8 Å². The van der Waals surface area contributed by atoms with Gasteiger partial charge in [-0.25, -0.2) is 0 Å². The van der Waals surface area contributed by atoms with E-state index in [2.05, 4.69) is 0 Å². The van der Waals surface area contributed by atoms with Crippen LogP contribution in [0.1, 0.15) is 79.1 Å². The summed E-state index contributed by atoms with van der Waals surface area (Å²) in [6.07, 6.45) is 7.92. The monoisotopic (exact) mass is 346 g/mol. The molecule has 0 saturated heterocycles. The first-order chi connectivity index (χ1) is 10.6. The Morgan fingerprint density at radius 1 is 0.696 bits per heavy atom. The van der Waals surface area contributed by atoms with E-state index in [1.54, 1.807) is 27.7 Å². The van der Waals surface area contributed by atoms with Crippen LogP contribution in [0.2, 0.25) is 0 Å². The third-order valence-corrected chi connectivity index (χ3v) is 5.49. The van der Waals surface area contributed by atoms with E-state index in [4.69, 9.17) is 10.2 Å². The van der Waals surface area contributed by atoms with Crippen LogP contribution in [0.15, 0.2) is 0 Å². The van der Waals surface area contributed by atoms with Crippen LogP contribution in [0.3, 0.4) is 0 Å². The average molecular weight is 347 g/mol. The quantitative estimate of drug-likeness (QED) is 0.430. The number of carboxylic acid groups (broad SMARTS) is 2. The second-order valence-electron chi connectivity index (χ2n) is 7.61. The zero-order valence-electron chi connectivity index (χ0n) is 15.2. The molecule has 0 aromatic rings. The summed E-state index contributed by atoms with van der Waals surface area (Å²) < 4.78 is 0. The normalized spacial score (nSPS) is 12.3. The van der Waals surface area contributed by atoms with Gasteiger partial charge in [0.05, 0.1) is 10.8 Å². The van der Waals surface area contributed by atoms with Crippen molar-refractivity contribution in [2.75, 3.05) is 11.5 Å². The molecular formula is C18H34O4S. The number of thioether (sulfide) groups is 1. The van der Waals surface area contributed by atoms with E-state index in [0.717, 1.165) is 62.9 Å². The second kappa shape index (κ2) is 11.0. The Hall–Kier alpha value is -0.710. The third-order valence-electron chi connectivity index (χ3n) is 4.34. The fourth-order valence-corrected chi connectivity index (χ4v) is 3.23. The van der Waals surface area contributed by atoms with Gasteiger partial charge >= 0.3 is 11.9 Å². The zero-order chi connectivity index (χ0) is 17.9. The lowest BCUT2D eigenvalue weighted by molar-refractivity contribution is -0.148. The van der Waals surface area contributed by atoms with Crippen molar-refractivity contribution >= 4 is 23.7 Å². The SMILES string of the molecule is CC(C)(CCCCCSCCCCCC(C)(C)C(=O)O)C(=O)O. The van der Waals surface area contributed by atoms with Crippen LogP contribution in [0.4, 0.5) is 0 Å². The molecule has 0 aromatic carbocycles. The number of rotatable bonds is 14. The molecule has 0 rings (SSSR count). The molecular weight excluding hydrogens is 312 g/mol. The van der Waals surface area contributed by atoms with Crippen molar-refractivity contribution in [2.45, 2.75) is 79.1 Å². The van der Waals surface area contributed by atoms with E-state index in [1.807, 2.05) is 11.8 Å². The second-order valence-corrected chi connectivity index (χ2v) is 8.84. The number of unbranched alkanes of at least 4 members (excludes halogenated alkanes) is 4. The molecule has 0 aliphatic rings. The van der Waals surface area contributed by atoms with Gasteiger partial charge in [0.2, 0.25) is 0 Å². The molecule has 0 aromatic heterocycles. The van der Waals surface area contributed by atoms with Gasteiger partial charge in [0.1, 0.15) is 0 Å². The van der Waals surface area contributed by atoms with E-state index in [-0.39, 0.29) is 0 Å². The summed E-state index contributed by atoms with van der Waals surface area (Å²) in [4.78, 5) is 21.9. The maximum atomic E-state index is 11.0. The Kier molecular flexibility index (Phi) is 10.6. The van der Waals surface area contributed by atoms with E-state index >= 15 is 0 Å². The molecule has 0 fully saturated rings. The summed E-state index contributed by atoms with van der Waals surface area (Å²) in [5.74, 6) is 0.846. The highest BCUT2D eigenvalue weighted by Gasteiger charge is 2.26. The molecule has 0 spiro atoms. The van der Waals surface area contributed by atoms with Gasteiger partial charge < -0.3 is 10.2 Å². The highest BCUT2D eigenvalue weighted by Crippen LogP contribution is 2.25. The highest BCUT2D eigenvalue weighted by atomic mass is 32.2. The first-order valence-corrected chi connectivity index (χ1v) is 9.79. The molecule has 5 heteroatoms. The minimum atomic E-state index is -0.710. The lowest BCUT2D eigenvalue weighted by Crippen LogP contribution is -2.23. The van der Waals surface area contributed by atoms with Gasteiger partial charge in [-0.05, 0) is 64.9 Å². The van der Waals surface area contributed by atoms with E-state index < -0.39 is 22.8 Å². The molecule has 0 bridgehead atoms. The summed E-state index contributed by atoms with van der Waals surface area (Å²) in [7, 11) is 0. The molecule has 0 aliphatic carbocycles. The Balaban J connectivity index is 3.41. The van der Waals surface area contributed by atoms with Gasteiger partial charge in [0.15, 0.2) is 0 Å². The van der Waals surface area contributed by atoms with Crippen LogP contribution < -0.4 is 0 Å². The Bertz CT molecular complexity index is 330. The van der Waals surface area contributed by atoms with Gasteiger partial charge in [-0.2, -0.15) is 11.8 Å². The van der Waals surface area contributed by atoms with Gasteiger partial charge in [0, 0.05) is 0 Å². The smallest absolute Gasteiger partial charge is 0.309 e. The molecule has 0 heterocycles. The molecule has 0 unspecified atom stereocenters. The van der Waals surface area contributed by atoms with E-state index in [1.165, 1.54) is 0 Å². The van der Waals surface area contributed by atoms with Gasteiger partial charge in [-0.1, -0.05) is 25.7 Å². The molecule has 136 valence electrons. The number of hydrogen-bond donors (Lipinski definition) is 2. The first kappa shape index (κ1) is 22.3. The van der Waals surface area contributed by atoms with Crippen molar-refractivity contribution in [1.29, 1.82) is 0 Å². The number of aliphatic carboxylic acids is 2. The minimum absolute atomic E-state index is 0.600. The maximum Gasteiger partial charge on any atom is 0.309 e. The molecule has 0 atom stereocenters. The predicted molar refractivity (Wildman–Crippen MR) is 97.1 cm³/mol. The van der Waals surface area contributed by atoms with Crippen molar-refractivity contribution < 1.29 is 19.8 Å². The topological polar surface area (TPSA) is 74.6 Å². The van der Waals surface area contributed by atoms with Crippen molar-refractivity contribution in [3.8, 4) is 0 Å². The molecule has 0 aliphatic heterocycles. The maximum absolute atomic E-state index is 11.0. The summed E-state index contributed by atoms with van der Waals surface area (Å²) in [6.45, 7) is 7.15. The Labute approximate surface area is 145 Å². The molecule has 4 nitrogen and oxygen atoms in total. The lowest BCUT2D eigenvalue weighted by atomic mass is 9.87. The lowest BCUT2D eigenvalue weighted by Gasteiger charge is -2.18. The molecule has 0 saturated carbocycles. The van der Waals surface area contributed by atoms with Crippen LogP contribution in [-0.4, -0.2) is 33.7 Å². The summed E-state index contributed by atoms with van der Waals surface area (Å²) >= 11 is 1.95. The van der Waals surface area contributed by atoms with Crippen molar-refractivity contribution in [1.82, 2.24) is 0 Å². The van der Waals surface area contributed by atoms with Gasteiger partial charge in [0.25, 0.3) is 0 Å². The number of carboxylic acids is 2. The standard InChI is InChI=1S/C18H34O4S/c1-17(2,15(19)20)11-7-5-9-13-23-14-10-6-8-12-18(3,4)16(21)22/h5-14H2,1-4H3,(H,19,20)(H,21,22). The predicted octanol–water partition coefficient (Wildman–Crippen LogP) is 5.06. The van der Waals surface area contributed by atoms with Crippen molar-refractivity contribution in [3.63, 3.8) is 0 Å². The summed E-state index contributed by atoms with van der Waals surface area (Å²) in [6, 6.07) is 0. The first-order valence-electron chi connectivity index (χ1n) is 8.64. The van der Waals surface area contributed by atoms with E-state index in [0.29, 0.717) is 0 Å². The Morgan fingerprint density at radius 3 is 1.35 bits per heavy atom. The van der Waals surface area contributed by atoms with Crippen molar-refractivity contribution in [3.05, 3.63) is 0 Å². The highest BCUT2D eigenvalue weighted by molar-refractivity contribution is 7.99. The van der Waals surface area contributed by atoms with Crippen LogP contribution in [-0.2, 0) is 9.59 Å². The van der Waals surface area contributed by atoms with E-state index in [9.17, 15) is 9.59 Å². The van der Waals surface area contributed by atoms with Crippen LogP contribution in [0, 0.1) is 10.8 Å². The minimum Gasteiger partial charge on any atom is -0.481 e. The van der Waals surface area contributed by atoms with Crippen molar-refractivity contribution in [2.24, 2.45) is 10.8 Å². The zero-order valence-corrected chi connectivity index (χ0v) is 16.0. The molecule has 0 radical (unpaired) electrons. The summed E-state index contributed by atoms with van der Waals surface area (Å²) in [5.41, 5.74) is -1.20. The largest absolute Gasteiger partial charge is 0.481 e.